The molecule has 0 aliphatic carbocycles. The van der Waals surface area contributed by atoms with Crippen molar-refractivity contribution in [3.8, 4) is 0 Å². The van der Waals surface area contributed by atoms with E-state index in [0.29, 0.717) is 32.4 Å². The maximum atomic E-state index is 13.3. The highest BCUT2D eigenvalue weighted by Crippen LogP contribution is 2.31. The Balaban J connectivity index is 1.79. The summed E-state index contributed by atoms with van der Waals surface area (Å²) in [5, 5.41) is 11.4. The summed E-state index contributed by atoms with van der Waals surface area (Å²) in [6, 6.07) is 17.7. The van der Waals surface area contributed by atoms with Crippen LogP contribution in [0.4, 0.5) is 4.79 Å². The quantitative estimate of drug-likeness (QED) is 0.758. The fraction of sp³-hybridized carbons (Fsp3) is 0.348. The van der Waals surface area contributed by atoms with Crippen LogP contribution in [0, 0.1) is 6.92 Å². The summed E-state index contributed by atoms with van der Waals surface area (Å²) in [7, 11) is 0. The summed E-state index contributed by atoms with van der Waals surface area (Å²) in [6.07, 6.45) is 3.23. The van der Waals surface area contributed by atoms with Gasteiger partial charge < -0.3 is 10.6 Å². The van der Waals surface area contributed by atoms with Crippen molar-refractivity contribution < 1.29 is 9.59 Å². The molecule has 0 bridgehead atoms. The van der Waals surface area contributed by atoms with Gasteiger partial charge in [-0.25, -0.2) is 4.79 Å². The van der Waals surface area contributed by atoms with Crippen LogP contribution in [0.3, 0.4) is 0 Å². The lowest BCUT2D eigenvalue weighted by Crippen LogP contribution is -2.58. The Labute approximate surface area is 172 Å². The molecule has 0 spiro atoms. The molecule has 1 atom stereocenters. The standard InChI is InChI=1S/C23H28N4O2/c1-3-24-22(29)27-23(15-16-26-27,14-13-19-11-9-18(2)10-12-19)21(28)25-17-20-7-5-4-6-8-20/h4-12,16H,3,13-15,17H2,1-2H3,(H,24,29)(H,25,28). The van der Waals surface area contributed by atoms with Gasteiger partial charge in [-0.05, 0) is 37.8 Å². The Bertz CT molecular complexity index is 864. The van der Waals surface area contributed by atoms with Gasteiger partial charge in [0.1, 0.15) is 0 Å². The van der Waals surface area contributed by atoms with Gasteiger partial charge in [0.15, 0.2) is 5.54 Å². The maximum Gasteiger partial charge on any atom is 0.338 e. The highest BCUT2D eigenvalue weighted by molar-refractivity contribution is 5.95. The van der Waals surface area contributed by atoms with Gasteiger partial charge in [0.2, 0.25) is 5.91 Å². The molecule has 0 radical (unpaired) electrons. The molecule has 1 aliphatic heterocycles. The molecule has 0 saturated heterocycles. The fourth-order valence-corrected chi connectivity index (χ4v) is 3.50. The molecule has 6 nitrogen and oxygen atoms in total. The van der Waals surface area contributed by atoms with Crippen LogP contribution < -0.4 is 10.6 Å². The minimum Gasteiger partial charge on any atom is -0.350 e. The third kappa shape index (κ3) is 4.83. The molecular weight excluding hydrogens is 364 g/mol. The van der Waals surface area contributed by atoms with E-state index in [0.717, 1.165) is 11.1 Å². The van der Waals surface area contributed by atoms with E-state index in [1.807, 2.05) is 44.2 Å². The van der Waals surface area contributed by atoms with E-state index < -0.39 is 5.54 Å². The van der Waals surface area contributed by atoms with Crippen molar-refractivity contribution >= 4 is 18.2 Å². The molecule has 152 valence electrons. The molecule has 0 fully saturated rings. The summed E-state index contributed by atoms with van der Waals surface area (Å²) in [4.78, 5) is 25.9. The Morgan fingerprint density at radius 2 is 1.76 bits per heavy atom. The average molecular weight is 393 g/mol. The van der Waals surface area contributed by atoms with E-state index in [9.17, 15) is 9.59 Å². The summed E-state index contributed by atoms with van der Waals surface area (Å²) in [5.74, 6) is -0.183. The molecule has 2 aromatic carbocycles. The number of nitrogens with one attached hydrogen (secondary N) is 2. The van der Waals surface area contributed by atoms with Crippen LogP contribution in [0.2, 0.25) is 0 Å². The lowest BCUT2D eigenvalue weighted by molar-refractivity contribution is -0.131. The van der Waals surface area contributed by atoms with Gasteiger partial charge in [0.25, 0.3) is 0 Å². The molecule has 3 rings (SSSR count). The second kappa shape index (κ2) is 9.37. The van der Waals surface area contributed by atoms with Crippen LogP contribution in [0.5, 0.6) is 0 Å². The summed E-state index contributed by atoms with van der Waals surface area (Å²) in [6.45, 7) is 4.78. The van der Waals surface area contributed by atoms with Crippen LogP contribution in [-0.4, -0.2) is 35.2 Å². The van der Waals surface area contributed by atoms with Crippen LogP contribution in [0.15, 0.2) is 59.7 Å². The van der Waals surface area contributed by atoms with Crippen molar-refractivity contribution in [1.82, 2.24) is 15.6 Å². The lowest BCUT2D eigenvalue weighted by atomic mass is 9.87. The zero-order chi connectivity index (χ0) is 20.7. The molecule has 0 aromatic heterocycles. The van der Waals surface area contributed by atoms with Crippen molar-refractivity contribution in [3.63, 3.8) is 0 Å². The van der Waals surface area contributed by atoms with Crippen LogP contribution in [-0.2, 0) is 17.8 Å². The van der Waals surface area contributed by atoms with E-state index in [1.165, 1.54) is 10.6 Å². The smallest absolute Gasteiger partial charge is 0.338 e. The van der Waals surface area contributed by atoms with Gasteiger partial charge in [0, 0.05) is 25.7 Å². The number of hydrogen-bond acceptors (Lipinski definition) is 3. The first-order chi connectivity index (χ1) is 14.0. The summed E-state index contributed by atoms with van der Waals surface area (Å²) in [5.41, 5.74) is 2.31. The monoisotopic (exact) mass is 392 g/mol. The normalized spacial score (nSPS) is 17.9. The van der Waals surface area contributed by atoms with E-state index in [-0.39, 0.29) is 11.9 Å². The van der Waals surface area contributed by atoms with Crippen molar-refractivity contribution in [2.24, 2.45) is 5.10 Å². The minimum absolute atomic E-state index is 0.183. The number of urea groups is 1. The largest absolute Gasteiger partial charge is 0.350 e. The average Bonchev–Trinajstić information content (AvgIpc) is 3.18. The SMILES string of the molecule is CCNC(=O)N1N=CCC1(CCc1ccc(C)cc1)C(=O)NCc1ccccc1. The first-order valence-corrected chi connectivity index (χ1v) is 10.0. The molecule has 2 aromatic rings. The van der Waals surface area contributed by atoms with Crippen LogP contribution in [0.25, 0.3) is 0 Å². The summed E-state index contributed by atoms with van der Waals surface area (Å²) < 4.78 is 0. The maximum absolute atomic E-state index is 13.3. The molecule has 1 aliphatic rings. The van der Waals surface area contributed by atoms with Gasteiger partial charge in [-0.3, -0.25) is 4.79 Å². The third-order valence-corrected chi connectivity index (χ3v) is 5.22. The van der Waals surface area contributed by atoms with E-state index in [4.69, 9.17) is 0 Å². The number of carbonyl (C=O) groups excluding carboxylic acids is 2. The molecule has 1 heterocycles. The third-order valence-electron chi connectivity index (χ3n) is 5.22. The molecule has 0 saturated carbocycles. The Hall–Kier alpha value is -3.15. The number of amides is 3. The number of hydrazone groups is 1. The van der Waals surface area contributed by atoms with Crippen molar-refractivity contribution in [1.29, 1.82) is 0 Å². The minimum atomic E-state index is -1.03. The Kier molecular flexibility index (Phi) is 6.65. The van der Waals surface area contributed by atoms with E-state index >= 15 is 0 Å². The Morgan fingerprint density at radius 1 is 1.03 bits per heavy atom. The highest BCUT2D eigenvalue weighted by atomic mass is 16.2. The molecule has 29 heavy (non-hydrogen) atoms. The van der Waals surface area contributed by atoms with Crippen LogP contribution in [0.1, 0.15) is 36.5 Å². The Morgan fingerprint density at radius 3 is 2.45 bits per heavy atom. The zero-order valence-electron chi connectivity index (χ0n) is 17.0. The fourth-order valence-electron chi connectivity index (χ4n) is 3.50. The predicted molar refractivity (Wildman–Crippen MR) is 115 cm³/mol. The molecule has 2 N–H and O–H groups in total. The molecule has 1 unspecified atom stereocenters. The predicted octanol–water partition coefficient (Wildman–Crippen LogP) is 3.40. The number of benzene rings is 2. The van der Waals surface area contributed by atoms with E-state index in [2.05, 4.69) is 40.0 Å². The van der Waals surface area contributed by atoms with Crippen molar-refractivity contribution in [2.45, 2.75) is 45.2 Å². The molecule has 3 amide bonds. The topological polar surface area (TPSA) is 73.8 Å². The van der Waals surface area contributed by atoms with Gasteiger partial charge in [-0.2, -0.15) is 10.1 Å². The van der Waals surface area contributed by atoms with Gasteiger partial charge in [-0.1, -0.05) is 60.2 Å². The number of nitrogens with zero attached hydrogens (tertiary/aromatic N) is 2. The summed E-state index contributed by atoms with van der Waals surface area (Å²) >= 11 is 0. The first-order valence-electron chi connectivity index (χ1n) is 10.0. The lowest BCUT2D eigenvalue weighted by Gasteiger charge is -2.35. The van der Waals surface area contributed by atoms with Gasteiger partial charge in [0.05, 0.1) is 0 Å². The molecule has 6 heteroatoms. The second-order valence-electron chi connectivity index (χ2n) is 7.33. The van der Waals surface area contributed by atoms with E-state index in [1.54, 1.807) is 6.21 Å². The number of rotatable bonds is 7. The van der Waals surface area contributed by atoms with Crippen molar-refractivity contribution in [2.75, 3.05) is 6.54 Å². The number of aryl methyl sites for hydroxylation is 2. The first kappa shape index (κ1) is 20.6. The number of carbonyl (C=O) groups is 2. The molecular formula is C23H28N4O2. The van der Waals surface area contributed by atoms with Crippen molar-refractivity contribution in [3.05, 3.63) is 71.3 Å². The zero-order valence-corrected chi connectivity index (χ0v) is 17.0. The second-order valence-corrected chi connectivity index (χ2v) is 7.33. The van der Waals surface area contributed by atoms with Crippen LogP contribution >= 0.6 is 0 Å². The van der Waals surface area contributed by atoms with Gasteiger partial charge in [-0.15, -0.1) is 0 Å². The number of hydrogen-bond donors (Lipinski definition) is 2. The highest BCUT2D eigenvalue weighted by Gasteiger charge is 2.48. The van der Waals surface area contributed by atoms with Gasteiger partial charge >= 0.3 is 6.03 Å².